The molecule has 0 spiro atoms. The lowest BCUT2D eigenvalue weighted by Crippen LogP contribution is -2.14. The Morgan fingerprint density at radius 1 is 1.19 bits per heavy atom. The van der Waals surface area contributed by atoms with E-state index in [2.05, 4.69) is 11.9 Å². The zero-order chi connectivity index (χ0) is 18.9. The van der Waals surface area contributed by atoms with Gasteiger partial charge in [-0.2, -0.15) is 0 Å². The first-order chi connectivity index (χ1) is 12.3. The van der Waals surface area contributed by atoms with Gasteiger partial charge in [0.2, 0.25) is 0 Å². The molecule has 0 bridgehead atoms. The molecule has 2 heterocycles. The maximum Gasteiger partial charge on any atom is 0.269 e. The smallest absolute Gasteiger partial charge is 0.262 e. The van der Waals surface area contributed by atoms with E-state index in [-0.39, 0.29) is 16.2 Å². The van der Waals surface area contributed by atoms with Gasteiger partial charge in [0.15, 0.2) is 0 Å². The van der Waals surface area contributed by atoms with E-state index in [4.69, 9.17) is 0 Å². The van der Waals surface area contributed by atoms with Gasteiger partial charge in [-0.1, -0.05) is 26.0 Å². The van der Waals surface area contributed by atoms with Gasteiger partial charge in [-0.15, -0.1) is 11.8 Å². The van der Waals surface area contributed by atoms with Crippen molar-refractivity contribution in [1.82, 2.24) is 8.96 Å². The van der Waals surface area contributed by atoms with Crippen LogP contribution in [0.1, 0.15) is 19.4 Å². The van der Waals surface area contributed by atoms with Crippen LogP contribution in [0.2, 0.25) is 0 Å². The van der Waals surface area contributed by atoms with Crippen LogP contribution in [0.15, 0.2) is 64.8 Å². The van der Waals surface area contributed by atoms with Crippen molar-refractivity contribution >= 4 is 21.8 Å². The van der Waals surface area contributed by atoms with Crippen molar-refractivity contribution in [3.05, 3.63) is 73.3 Å². The summed E-state index contributed by atoms with van der Waals surface area (Å²) in [6.45, 7) is 7.83. The van der Waals surface area contributed by atoms with Crippen molar-refractivity contribution in [3.63, 3.8) is 0 Å². The SMILES string of the molecule is [CH2]c1cc(-c2ccccc2F)n(S(=O)(=O)c2cncc(SC(C)C)c2)c1. The minimum atomic E-state index is -3.94. The monoisotopic (exact) mass is 389 g/mol. The van der Waals surface area contributed by atoms with Crippen molar-refractivity contribution in [1.29, 1.82) is 0 Å². The molecule has 4 nitrogen and oxygen atoms in total. The normalized spacial score (nSPS) is 11.9. The molecule has 1 radical (unpaired) electrons. The topological polar surface area (TPSA) is 52.0 Å². The third-order valence-electron chi connectivity index (χ3n) is 3.61. The zero-order valence-corrected chi connectivity index (χ0v) is 16.0. The molecule has 0 atom stereocenters. The van der Waals surface area contributed by atoms with Gasteiger partial charge >= 0.3 is 0 Å². The molecule has 0 amide bonds. The number of thioether (sulfide) groups is 1. The zero-order valence-electron chi connectivity index (χ0n) is 14.4. The van der Waals surface area contributed by atoms with E-state index in [1.54, 1.807) is 36.5 Å². The lowest BCUT2D eigenvalue weighted by molar-refractivity contribution is 0.587. The molecule has 3 aromatic rings. The second kappa shape index (κ2) is 7.25. The number of nitrogens with zero attached hydrogens (tertiary/aromatic N) is 2. The van der Waals surface area contributed by atoms with Crippen LogP contribution in [0.4, 0.5) is 4.39 Å². The number of aromatic nitrogens is 2. The van der Waals surface area contributed by atoms with Gasteiger partial charge in [0, 0.05) is 34.3 Å². The van der Waals surface area contributed by atoms with E-state index in [1.807, 2.05) is 13.8 Å². The average molecular weight is 389 g/mol. The van der Waals surface area contributed by atoms with Crippen LogP contribution in [0.5, 0.6) is 0 Å². The maximum atomic E-state index is 14.2. The molecule has 3 rings (SSSR count). The van der Waals surface area contributed by atoms with Gasteiger partial charge in [-0.05, 0) is 36.8 Å². The first kappa shape index (κ1) is 18.7. The second-order valence-corrected chi connectivity index (χ2v) is 9.50. The molecule has 0 fully saturated rings. The van der Waals surface area contributed by atoms with Gasteiger partial charge in [0.1, 0.15) is 10.7 Å². The van der Waals surface area contributed by atoms with Crippen LogP contribution in [0.25, 0.3) is 11.3 Å². The van der Waals surface area contributed by atoms with E-state index in [0.717, 1.165) is 8.87 Å². The first-order valence-corrected chi connectivity index (χ1v) is 10.3. The Bertz CT molecular complexity index is 1040. The minimum absolute atomic E-state index is 0.0522. The maximum absolute atomic E-state index is 14.2. The Morgan fingerprint density at radius 2 is 1.92 bits per heavy atom. The number of hydrogen-bond acceptors (Lipinski definition) is 4. The standard InChI is InChI=1S/C19H18FN2O2S2/c1-13(2)25-15-9-16(11-21-10-15)26(23,24)22-12-14(3)8-19(22)17-6-4-5-7-18(17)20/h4-13H,3H2,1-2H3. The van der Waals surface area contributed by atoms with Crippen molar-refractivity contribution in [2.45, 2.75) is 28.9 Å². The Labute approximate surface area is 157 Å². The lowest BCUT2D eigenvalue weighted by atomic mass is 10.1. The largest absolute Gasteiger partial charge is 0.269 e. The predicted octanol–water partition coefficient (Wildman–Crippen LogP) is 4.61. The van der Waals surface area contributed by atoms with Gasteiger partial charge in [-0.25, -0.2) is 16.8 Å². The van der Waals surface area contributed by atoms with E-state index in [1.165, 1.54) is 30.2 Å². The number of benzene rings is 1. The van der Waals surface area contributed by atoms with Crippen LogP contribution >= 0.6 is 11.8 Å². The Hall–Kier alpha value is -2.12. The highest BCUT2D eigenvalue weighted by Gasteiger charge is 2.23. The number of halogens is 1. The molecule has 1 aromatic carbocycles. The van der Waals surface area contributed by atoms with Gasteiger partial charge < -0.3 is 0 Å². The van der Waals surface area contributed by atoms with E-state index < -0.39 is 15.8 Å². The van der Waals surface area contributed by atoms with Crippen LogP contribution in [0.3, 0.4) is 0 Å². The number of pyridine rings is 1. The molecule has 135 valence electrons. The van der Waals surface area contributed by atoms with E-state index in [0.29, 0.717) is 10.8 Å². The predicted molar refractivity (Wildman–Crippen MR) is 102 cm³/mol. The number of rotatable bonds is 5. The molecule has 0 aliphatic carbocycles. The van der Waals surface area contributed by atoms with Crippen LogP contribution in [-0.4, -0.2) is 22.6 Å². The van der Waals surface area contributed by atoms with Crippen molar-refractivity contribution in [2.24, 2.45) is 0 Å². The molecular formula is C19H18FN2O2S2. The van der Waals surface area contributed by atoms with E-state index in [9.17, 15) is 12.8 Å². The van der Waals surface area contributed by atoms with Crippen LogP contribution in [0, 0.1) is 12.7 Å². The molecule has 0 aliphatic rings. The fourth-order valence-corrected chi connectivity index (χ4v) is 4.87. The molecule has 2 aromatic heterocycles. The lowest BCUT2D eigenvalue weighted by Gasteiger charge is -2.12. The third-order valence-corrected chi connectivity index (χ3v) is 6.21. The summed E-state index contributed by atoms with van der Waals surface area (Å²) in [6.07, 6.45) is 4.32. The highest BCUT2D eigenvalue weighted by molar-refractivity contribution is 8.00. The minimum Gasteiger partial charge on any atom is -0.262 e. The first-order valence-electron chi connectivity index (χ1n) is 7.95. The fraction of sp³-hybridized carbons (Fsp3) is 0.158. The summed E-state index contributed by atoms with van der Waals surface area (Å²) in [5.74, 6) is -0.496. The summed E-state index contributed by atoms with van der Waals surface area (Å²) < 4.78 is 41.6. The summed E-state index contributed by atoms with van der Waals surface area (Å²) in [7, 11) is -3.94. The second-order valence-electron chi connectivity index (χ2n) is 6.04. The summed E-state index contributed by atoms with van der Waals surface area (Å²) >= 11 is 1.52. The Morgan fingerprint density at radius 3 is 2.62 bits per heavy atom. The van der Waals surface area contributed by atoms with Crippen molar-refractivity contribution in [3.8, 4) is 11.3 Å². The van der Waals surface area contributed by atoms with E-state index >= 15 is 0 Å². The third kappa shape index (κ3) is 3.68. The highest BCUT2D eigenvalue weighted by Crippen LogP contribution is 2.30. The van der Waals surface area contributed by atoms with Crippen molar-refractivity contribution < 1.29 is 12.8 Å². The Balaban J connectivity index is 2.14. The molecule has 7 heteroatoms. The summed E-state index contributed by atoms with van der Waals surface area (Å²) in [5.41, 5.74) is 0.911. The van der Waals surface area contributed by atoms with Gasteiger partial charge in [0.05, 0.1) is 5.69 Å². The molecular weight excluding hydrogens is 371 g/mol. The number of hydrogen-bond donors (Lipinski definition) is 0. The highest BCUT2D eigenvalue weighted by atomic mass is 32.2. The van der Waals surface area contributed by atoms with Crippen molar-refractivity contribution in [2.75, 3.05) is 0 Å². The molecule has 0 aliphatic heterocycles. The summed E-state index contributed by atoms with van der Waals surface area (Å²) in [5, 5.41) is 0.293. The molecule has 0 saturated heterocycles. The molecule has 26 heavy (non-hydrogen) atoms. The van der Waals surface area contributed by atoms with Crippen LogP contribution in [-0.2, 0) is 10.0 Å². The summed E-state index contributed by atoms with van der Waals surface area (Å²) in [6, 6.07) is 9.19. The molecule has 0 unspecified atom stereocenters. The summed E-state index contributed by atoms with van der Waals surface area (Å²) in [4.78, 5) is 4.87. The average Bonchev–Trinajstić information content (AvgIpc) is 2.97. The Kier molecular flexibility index (Phi) is 5.20. The van der Waals surface area contributed by atoms with Gasteiger partial charge in [0.25, 0.3) is 10.0 Å². The molecule has 0 saturated carbocycles. The quantitative estimate of drug-likeness (QED) is 0.598. The van der Waals surface area contributed by atoms with Gasteiger partial charge in [-0.3, -0.25) is 4.98 Å². The van der Waals surface area contributed by atoms with Crippen LogP contribution < -0.4 is 0 Å². The fourth-order valence-electron chi connectivity index (χ4n) is 2.55. The molecule has 0 N–H and O–H groups in total.